The van der Waals surface area contributed by atoms with Crippen molar-refractivity contribution < 1.29 is 9.18 Å². The van der Waals surface area contributed by atoms with Crippen LogP contribution in [0.15, 0.2) is 18.2 Å². The van der Waals surface area contributed by atoms with Gasteiger partial charge in [0.1, 0.15) is 6.17 Å². The number of amides is 2. The van der Waals surface area contributed by atoms with Crippen molar-refractivity contribution in [1.29, 1.82) is 0 Å². The van der Waals surface area contributed by atoms with Crippen LogP contribution in [0, 0.1) is 6.92 Å². The monoisotopic (exact) mass is 369 g/mol. The molecule has 0 bridgehead atoms. The lowest BCUT2D eigenvalue weighted by Gasteiger charge is -2.15. The molecule has 2 heterocycles. The number of aryl methyl sites for hydroxylation is 1. The molecule has 1 fully saturated rings. The van der Waals surface area contributed by atoms with Gasteiger partial charge in [0.05, 0.1) is 13.1 Å². The first-order chi connectivity index (χ1) is 12.0. The van der Waals surface area contributed by atoms with Gasteiger partial charge in [-0.25, -0.2) is 9.18 Å². The summed E-state index contributed by atoms with van der Waals surface area (Å²) in [5.74, 6) is 0. The molecule has 4 nitrogen and oxygen atoms in total. The number of hydrogen-bond donors (Lipinski definition) is 2. The van der Waals surface area contributed by atoms with Crippen molar-refractivity contribution in [3.8, 4) is 0 Å². The molecule has 140 valence electrons. The molecule has 1 aliphatic heterocycles. The van der Waals surface area contributed by atoms with Crippen molar-refractivity contribution >= 4 is 28.5 Å². The summed E-state index contributed by atoms with van der Waals surface area (Å²) >= 11 is 6.10. The van der Waals surface area contributed by atoms with Gasteiger partial charge in [-0.05, 0) is 37.1 Å². The molecule has 0 aliphatic carbocycles. The van der Waals surface area contributed by atoms with Gasteiger partial charge in [0.25, 0.3) is 0 Å². The molecule has 1 unspecified atom stereocenters. The SMILES string of the molecule is CC.CC.Cc1cc2[nH]c(CNC(=O)N3CCC(F)C3)cc2cc1Cl. The maximum absolute atomic E-state index is 13.1. The molecular weight excluding hydrogens is 341 g/mol. The van der Waals surface area contributed by atoms with Gasteiger partial charge in [-0.15, -0.1) is 0 Å². The molecular formula is C19H29ClFN3O. The number of alkyl halides is 1. The maximum atomic E-state index is 13.1. The number of carbonyl (C=O) groups excluding carboxylic acids is 1. The van der Waals surface area contributed by atoms with Gasteiger partial charge in [0.2, 0.25) is 0 Å². The molecule has 0 spiro atoms. The van der Waals surface area contributed by atoms with E-state index < -0.39 is 6.17 Å². The number of likely N-dealkylation sites (tertiary alicyclic amines) is 1. The quantitative estimate of drug-likeness (QED) is 0.727. The van der Waals surface area contributed by atoms with Crippen LogP contribution in [0.2, 0.25) is 5.02 Å². The smallest absolute Gasteiger partial charge is 0.317 e. The molecule has 0 saturated carbocycles. The minimum Gasteiger partial charge on any atom is -0.357 e. The number of nitrogens with one attached hydrogen (secondary N) is 2. The van der Waals surface area contributed by atoms with Gasteiger partial charge in [-0.2, -0.15) is 0 Å². The number of fused-ring (bicyclic) bond motifs is 1. The summed E-state index contributed by atoms with van der Waals surface area (Å²) in [7, 11) is 0. The Morgan fingerprint density at radius 1 is 1.32 bits per heavy atom. The third kappa shape index (κ3) is 5.63. The number of carbonyl (C=O) groups is 1. The second-order valence-corrected chi connectivity index (χ2v) is 5.88. The summed E-state index contributed by atoms with van der Waals surface area (Å²) in [4.78, 5) is 16.7. The number of aromatic amines is 1. The second kappa shape index (κ2) is 10.3. The van der Waals surface area contributed by atoms with Gasteiger partial charge < -0.3 is 15.2 Å². The molecule has 1 aliphatic rings. The van der Waals surface area contributed by atoms with Gasteiger partial charge >= 0.3 is 6.03 Å². The Balaban J connectivity index is 0.000000730. The lowest BCUT2D eigenvalue weighted by atomic mass is 10.2. The van der Waals surface area contributed by atoms with Crippen LogP contribution in [0.1, 0.15) is 45.4 Å². The first-order valence-corrected chi connectivity index (χ1v) is 9.35. The Labute approximate surface area is 154 Å². The first kappa shape index (κ1) is 21.3. The molecule has 1 saturated heterocycles. The maximum Gasteiger partial charge on any atom is 0.317 e. The highest BCUT2D eigenvalue weighted by Gasteiger charge is 2.25. The largest absolute Gasteiger partial charge is 0.357 e. The predicted molar refractivity (Wildman–Crippen MR) is 104 cm³/mol. The number of H-pyrrole nitrogens is 1. The van der Waals surface area contributed by atoms with E-state index in [2.05, 4.69) is 10.3 Å². The van der Waals surface area contributed by atoms with Gasteiger partial charge in [0.15, 0.2) is 0 Å². The summed E-state index contributed by atoms with van der Waals surface area (Å²) in [5, 5.41) is 4.55. The zero-order valence-electron chi connectivity index (χ0n) is 15.7. The molecule has 3 rings (SSSR count). The normalized spacial score (nSPS) is 16.0. The fourth-order valence-electron chi connectivity index (χ4n) is 2.60. The molecule has 2 N–H and O–H groups in total. The number of hydrogen-bond acceptors (Lipinski definition) is 1. The molecule has 1 aromatic heterocycles. The van der Waals surface area contributed by atoms with E-state index in [1.54, 1.807) is 0 Å². The molecule has 0 radical (unpaired) electrons. The molecule has 1 aromatic carbocycles. The van der Waals surface area contributed by atoms with E-state index in [-0.39, 0.29) is 12.6 Å². The Kier molecular flexibility index (Phi) is 8.76. The van der Waals surface area contributed by atoms with Crippen molar-refractivity contribution in [3.63, 3.8) is 0 Å². The van der Waals surface area contributed by atoms with E-state index in [0.29, 0.717) is 19.5 Å². The molecule has 2 aromatic rings. The summed E-state index contributed by atoms with van der Waals surface area (Å²) in [6, 6.07) is 5.63. The zero-order valence-corrected chi connectivity index (χ0v) is 16.5. The highest BCUT2D eigenvalue weighted by atomic mass is 35.5. The average molecular weight is 370 g/mol. The molecule has 25 heavy (non-hydrogen) atoms. The first-order valence-electron chi connectivity index (χ1n) is 8.97. The Morgan fingerprint density at radius 2 is 2.00 bits per heavy atom. The molecule has 2 amide bonds. The Hall–Kier alpha value is -1.75. The van der Waals surface area contributed by atoms with Crippen molar-refractivity contribution in [2.24, 2.45) is 0 Å². The van der Waals surface area contributed by atoms with Crippen LogP contribution in [-0.2, 0) is 6.54 Å². The number of rotatable bonds is 2. The minimum absolute atomic E-state index is 0.188. The van der Waals surface area contributed by atoms with E-state index in [1.807, 2.05) is 52.8 Å². The summed E-state index contributed by atoms with van der Waals surface area (Å²) in [6.07, 6.45) is -0.466. The van der Waals surface area contributed by atoms with Crippen LogP contribution >= 0.6 is 11.6 Å². The van der Waals surface area contributed by atoms with Crippen molar-refractivity contribution in [2.45, 2.75) is 53.8 Å². The van der Waals surface area contributed by atoms with E-state index in [1.165, 1.54) is 4.90 Å². The van der Waals surface area contributed by atoms with Crippen LogP contribution in [0.3, 0.4) is 0 Å². The summed E-state index contributed by atoms with van der Waals surface area (Å²) in [6.45, 7) is 11.0. The number of aromatic nitrogens is 1. The van der Waals surface area contributed by atoms with E-state index >= 15 is 0 Å². The lowest BCUT2D eigenvalue weighted by molar-refractivity contribution is 0.204. The topological polar surface area (TPSA) is 48.1 Å². The van der Waals surface area contributed by atoms with Crippen molar-refractivity contribution in [1.82, 2.24) is 15.2 Å². The number of benzene rings is 1. The fraction of sp³-hybridized carbons (Fsp3) is 0.526. The summed E-state index contributed by atoms with van der Waals surface area (Å²) < 4.78 is 13.1. The van der Waals surface area contributed by atoms with Crippen molar-refractivity contribution in [3.05, 3.63) is 34.5 Å². The number of nitrogens with zero attached hydrogens (tertiary/aromatic N) is 1. The lowest BCUT2D eigenvalue weighted by Crippen LogP contribution is -2.38. The number of urea groups is 1. The highest BCUT2D eigenvalue weighted by Crippen LogP contribution is 2.24. The van der Waals surface area contributed by atoms with E-state index in [4.69, 9.17) is 11.6 Å². The minimum atomic E-state index is -0.894. The van der Waals surface area contributed by atoms with E-state index in [0.717, 1.165) is 27.2 Å². The van der Waals surface area contributed by atoms with Crippen LogP contribution in [-0.4, -0.2) is 35.2 Å². The average Bonchev–Trinajstić information content (AvgIpc) is 3.23. The summed E-state index contributed by atoms with van der Waals surface area (Å²) in [5.41, 5.74) is 2.90. The van der Waals surface area contributed by atoms with Gasteiger partial charge in [-0.3, -0.25) is 0 Å². The van der Waals surface area contributed by atoms with Gasteiger partial charge in [0, 0.05) is 28.2 Å². The Morgan fingerprint density at radius 3 is 2.60 bits per heavy atom. The van der Waals surface area contributed by atoms with Crippen LogP contribution in [0.5, 0.6) is 0 Å². The molecule has 6 heteroatoms. The molecule has 1 atom stereocenters. The zero-order chi connectivity index (χ0) is 19.0. The number of halogens is 2. The fourth-order valence-corrected chi connectivity index (χ4v) is 2.77. The third-order valence-electron chi connectivity index (χ3n) is 3.80. The highest BCUT2D eigenvalue weighted by molar-refractivity contribution is 6.32. The standard InChI is InChI=1S/C15H17ClFN3O.2C2H6/c1-9-4-14-10(6-13(9)16)5-12(19-14)7-18-15(21)20-3-2-11(17)8-20;2*1-2/h4-6,11,19H,2-3,7-8H2,1H3,(H,18,21);2*1-2H3. The van der Waals surface area contributed by atoms with Crippen LogP contribution < -0.4 is 5.32 Å². The Bertz CT molecular complexity index is 648. The second-order valence-electron chi connectivity index (χ2n) is 5.47. The van der Waals surface area contributed by atoms with Crippen LogP contribution in [0.25, 0.3) is 10.9 Å². The predicted octanol–water partition coefficient (Wildman–Crippen LogP) is 5.44. The van der Waals surface area contributed by atoms with E-state index in [9.17, 15) is 9.18 Å². The third-order valence-corrected chi connectivity index (χ3v) is 4.21. The van der Waals surface area contributed by atoms with Gasteiger partial charge in [-0.1, -0.05) is 39.3 Å². The van der Waals surface area contributed by atoms with Crippen molar-refractivity contribution in [2.75, 3.05) is 13.1 Å². The van der Waals surface area contributed by atoms with Crippen LogP contribution in [0.4, 0.5) is 9.18 Å².